The van der Waals surface area contributed by atoms with E-state index >= 15 is 0 Å². The third-order valence-electron chi connectivity index (χ3n) is 3.33. The van der Waals surface area contributed by atoms with Crippen LogP contribution in [0.2, 0.25) is 5.02 Å². The number of rotatable bonds is 7. The number of carbonyl (C=O) groups is 1. The van der Waals surface area contributed by atoms with E-state index in [9.17, 15) is 4.79 Å². The standard InChI is InChI=1S/C15H23ClN2O2/c1-4-10(5-2)9-18-14-12(15(19)20-6-3)7-11(17)8-13(14)16/h7-8,10,18H,4-6,9,17H2,1-3H3. The monoisotopic (exact) mass is 298 g/mol. The molecule has 5 heteroatoms. The highest BCUT2D eigenvalue weighted by molar-refractivity contribution is 6.34. The van der Waals surface area contributed by atoms with Crippen molar-refractivity contribution in [3.8, 4) is 0 Å². The number of anilines is 2. The number of benzene rings is 1. The van der Waals surface area contributed by atoms with E-state index in [1.165, 1.54) is 0 Å². The first-order chi connectivity index (χ1) is 9.53. The quantitative estimate of drug-likeness (QED) is 0.591. The van der Waals surface area contributed by atoms with Gasteiger partial charge < -0.3 is 15.8 Å². The molecule has 0 aliphatic heterocycles. The van der Waals surface area contributed by atoms with Crippen LogP contribution in [0.4, 0.5) is 11.4 Å². The highest BCUT2D eigenvalue weighted by atomic mass is 35.5. The molecular weight excluding hydrogens is 276 g/mol. The van der Waals surface area contributed by atoms with E-state index in [1.54, 1.807) is 19.1 Å². The summed E-state index contributed by atoms with van der Waals surface area (Å²) in [4.78, 5) is 12.0. The number of nitrogen functional groups attached to an aromatic ring is 1. The van der Waals surface area contributed by atoms with Gasteiger partial charge in [-0.2, -0.15) is 0 Å². The fourth-order valence-electron chi connectivity index (χ4n) is 2.00. The molecule has 4 nitrogen and oxygen atoms in total. The first kappa shape index (κ1) is 16.6. The topological polar surface area (TPSA) is 64.3 Å². The molecule has 20 heavy (non-hydrogen) atoms. The van der Waals surface area contributed by atoms with E-state index in [0.717, 1.165) is 19.4 Å². The van der Waals surface area contributed by atoms with Crippen LogP contribution in [-0.2, 0) is 4.74 Å². The molecule has 0 bridgehead atoms. The lowest BCUT2D eigenvalue weighted by Gasteiger charge is -2.18. The van der Waals surface area contributed by atoms with Crippen molar-refractivity contribution < 1.29 is 9.53 Å². The van der Waals surface area contributed by atoms with Gasteiger partial charge in [-0.3, -0.25) is 0 Å². The van der Waals surface area contributed by atoms with Gasteiger partial charge in [-0.25, -0.2) is 4.79 Å². The van der Waals surface area contributed by atoms with Gasteiger partial charge >= 0.3 is 5.97 Å². The molecule has 0 unspecified atom stereocenters. The molecule has 1 aromatic rings. The molecule has 0 aromatic heterocycles. The van der Waals surface area contributed by atoms with Gasteiger partial charge in [0.2, 0.25) is 0 Å². The van der Waals surface area contributed by atoms with Gasteiger partial charge in [0.25, 0.3) is 0 Å². The summed E-state index contributed by atoms with van der Waals surface area (Å²) in [6.07, 6.45) is 2.15. The Kier molecular flexibility index (Phi) is 6.65. The van der Waals surface area contributed by atoms with Gasteiger partial charge in [-0.15, -0.1) is 0 Å². The minimum atomic E-state index is -0.409. The molecule has 1 aromatic carbocycles. The zero-order valence-corrected chi connectivity index (χ0v) is 13.1. The average molecular weight is 299 g/mol. The molecule has 0 fully saturated rings. The SMILES string of the molecule is CCOC(=O)c1cc(N)cc(Cl)c1NCC(CC)CC. The number of ether oxygens (including phenoxy) is 1. The van der Waals surface area contributed by atoms with Crippen molar-refractivity contribution in [2.75, 3.05) is 24.2 Å². The molecule has 0 saturated carbocycles. The van der Waals surface area contributed by atoms with Crippen LogP contribution in [0.25, 0.3) is 0 Å². The Morgan fingerprint density at radius 2 is 2.00 bits per heavy atom. The molecule has 1 rings (SSSR count). The normalized spacial score (nSPS) is 10.7. The summed E-state index contributed by atoms with van der Waals surface area (Å²) < 4.78 is 5.04. The van der Waals surface area contributed by atoms with Crippen LogP contribution < -0.4 is 11.1 Å². The van der Waals surface area contributed by atoms with Crippen molar-refractivity contribution in [2.24, 2.45) is 5.92 Å². The van der Waals surface area contributed by atoms with Crippen LogP contribution in [0.15, 0.2) is 12.1 Å². The predicted molar refractivity (Wildman–Crippen MR) is 84.4 cm³/mol. The fourth-order valence-corrected chi connectivity index (χ4v) is 2.30. The average Bonchev–Trinajstić information content (AvgIpc) is 2.41. The van der Waals surface area contributed by atoms with Crippen LogP contribution in [0.5, 0.6) is 0 Å². The number of nitrogens with one attached hydrogen (secondary N) is 1. The van der Waals surface area contributed by atoms with Gasteiger partial charge in [0.1, 0.15) is 0 Å². The lowest BCUT2D eigenvalue weighted by Crippen LogP contribution is -2.16. The molecule has 0 amide bonds. The Morgan fingerprint density at radius 3 is 2.55 bits per heavy atom. The largest absolute Gasteiger partial charge is 0.462 e. The van der Waals surface area contributed by atoms with Crippen LogP contribution in [0.1, 0.15) is 44.0 Å². The number of esters is 1. The lowest BCUT2D eigenvalue weighted by atomic mass is 10.0. The maximum Gasteiger partial charge on any atom is 0.340 e. The number of hydrogen-bond donors (Lipinski definition) is 2. The Hall–Kier alpha value is -1.42. The minimum absolute atomic E-state index is 0.317. The van der Waals surface area contributed by atoms with Crippen molar-refractivity contribution >= 4 is 28.9 Å². The van der Waals surface area contributed by atoms with Gasteiger partial charge in [0.15, 0.2) is 0 Å². The molecule has 0 atom stereocenters. The number of hydrogen-bond acceptors (Lipinski definition) is 4. The summed E-state index contributed by atoms with van der Waals surface area (Å²) in [6.45, 7) is 7.14. The summed E-state index contributed by atoms with van der Waals surface area (Å²) in [5.41, 5.74) is 7.20. The van der Waals surface area contributed by atoms with E-state index in [-0.39, 0.29) is 0 Å². The van der Waals surface area contributed by atoms with Gasteiger partial charge in [-0.1, -0.05) is 38.3 Å². The molecular formula is C15H23ClN2O2. The second kappa shape index (κ2) is 8.00. The molecule has 0 saturated heterocycles. The third-order valence-corrected chi connectivity index (χ3v) is 3.63. The van der Waals surface area contributed by atoms with Crippen molar-refractivity contribution in [3.05, 3.63) is 22.7 Å². The molecule has 0 aliphatic rings. The fraction of sp³-hybridized carbons (Fsp3) is 0.533. The maximum absolute atomic E-state index is 12.0. The molecule has 0 heterocycles. The van der Waals surface area contributed by atoms with E-state index in [0.29, 0.717) is 34.5 Å². The predicted octanol–water partition coefficient (Wildman–Crippen LogP) is 3.95. The summed E-state index contributed by atoms with van der Waals surface area (Å²) in [5, 5.41) is 3.71. The van der Waals surface area contributed by atoms with Crippen molar-refractivity contribution in [2.45, 2.75) is 33.6 Å². The van der Waals surface area contributed by atoms with Gasteiger partial charge in [0, 0.05) is 12.2 Å². The lowest BCUT2D eigenvalue weighted by molar-refractivity contribution is 0.0527. The van der Waals surface area contributed by atoms with E-state index in [4.69, 9.17) is 22.1 Å². The Labute approximate surface area is 125 Å². The Bertz CT molecular complexity index is 459. The van der Waals surface area contributed by atoms with Crippen LogP contribution in [-0.4, -0.2) is 19.1 Å². The van der Waals surface area contributed by atoms with Crippen LogP contribution in [0.3, 0.4) is 0 Å². The van der Waals surface area contributed by atoms with E-state index in [2.05, 4.69) is 19.2 Å². The molecule has 3 N–H and O–H groups in total. The minimum Gasteiger partial charge on any atom is -0.462 e. The second-order valence-corrected chi connectivity index (χ2v) is 5.12. The van der Waals surface area contributed by atoms with E-state index in [1.807, 2.05) is 0 Å². The second-order valence-electron chi connectivity index (χ2n) is 4.71. The summed E-state index contributed by atoms with van der Waals surface area (Å²) in [6, 6.07) is 3.23. The van der Waals surface area contributed by atoms with Gasteiger partial charge in [0.05, 0.1) is 22.9 Å². The highest BCUT2D eigenvalue weighted by Crippen LogP contribution is 2.30. The number of nitrogens with two attached hydrogens (primary N) is 1. The van der Waals surface area contributed by atoms with Crippen molar-refractivity contribution in [1.82, 2.24) is 0 Å². The maximum atomic E-state index is 12.0. The Morgan fingerprint density at radius 1 is 1.35 bits per heavy atom. The summed E-state index contributed by atoms with van der Waals surface area (Å²) >= 11 is 6.20. The van der Waals surface area contributed by atoms with E-state index < -0.39 is 5.97 Å². The molecule has 0 spiro atoms. The van der Waals surface area contributed by atoms with Crippen molar-refractivity contribution in [1.29, 1.82) is 0 Å². The van der Waals surface area contributed by atoms with Crippen LogP contribution >= 0.6 is 11.6 Å². The summed E-state index contributed by atoms with van der Waals surface area (Å²) in [7, 11) is 0. The summed E-state index contributed by atoms with van der Waals surface area (Å²) in [5.74, 6) is 0.132. The first-order valence-electron chi connectivity index (χ1n) is 7.03. The first-order valence-corrected chi connectivity index (χ1v) is 7.41. The van der Waals surface area contributed by atoms with Gasteiger partial charge in [-0.05, 0) is 25.0 Å². The molecule has 0 radical (unpaired) electrons. The van der Waals surface area contributed by atoms with Crippen molar-refractivity contribution in [3.63, 3.8) is 0 Å². The Balaban J connectivity index is 3.00. The molecule has 0 aliphatic carbocycles. The zero-order chi connectivity index (χ0) is 15.1. The third kappa shape index (κ3) is 4.30. The zero-order valence-electron chi connectivity index (χ0n) is 12.3. The van der Waals surface area contributed by atoms with Crippen LogP contribution in [0, 0.1) is 5.92 Å². The number of carbonyl (C=O) groups excluding carboxylic acids is 1. The smallest absolute Gasteiger partial charge is 0.340 e. The number of halogens is 1. The molecule has 112 valence electrons. The highest BCUT2D eigenvalue weighted by Gasteiger charge is 2.17.